The first-order chi connectivity index (χ1) is 14.1. The largest absolute Gasteiger partial charge is 0.489 e. The molecule has 0 radical (unpaired) electrons. The Balaban J connectivity index is 1.46. The van der Waals surface area contributed by atoms with Crippen LogP contribution in [0.15, 0.2) is 83.5 Å². The van der Waals surface area contributed by atoms with Crippen LogP contribution in [0.4, 0.5) is 0 Å². The number of carbonyl (C=O) groups excluding carboxylic acids is 1. The minimum Gasteiger partial charge on any atom is -0.489 e. The van der Waals surface area contributed by atoms with E-state index in [-0.39, 0.29) is 11.6 Å². The second-order valence-corrected chi connectivity index (χ2v) is 7.13. The van der Waals surface area contributed by atoms with Gasteiger partial charge in [0, 0.05) is 10.6 Å². The van der Waals surface area contributed by atoms with Gasteiger partial charge in [-0.25, -0.2) is 9.79 Å². The van der Waals surface area contributed by atoms with Crippen LogP contribution in [0.25, 0.3) is 6.08 Å². The van der Waals surface area contributed by atoms with E-state index in [1.807, 2.05) is 36.4 Å². The van der Waals surface area contributed by atoms with Gasteiger partial charge in [0.25, 0.3) is 0 Å². The van der Waals surface area contributed by atoms with Crippen molar-refractivity contribution >= 4 is 29.5 Å². The van der Waals surface area contributed by atoms with Gasteiger partial charge in [-0.15, -0.1) is 0 Å². The number of rotatable bonds is 5. The predicted molar refractivity (Wildman–Crippen MR) is 114 cm³/mol. The first-order valence-corrected chi connectivity index (χ1v) is 9.51. The molecule has 0 bridgehead atoms. The van der Waals surface area contributed by atoms with Crippen LogP contribution in [0, 0.1) is 6.92 Å². The van der Waals surface area contributed by atoms with Crippen molar-refractivity contribution in [3.8, 4) is 5.75 Å². The van der Waals surface area contributed by atoms with Crippen molar-refractivity contribution in [2.24, 2.45) is 4.99 Å². The van der Waals surface area contributed by atoms with E-state index in [1.54, 1.807) is 30.3 Å². The van der Waals surface area contributed by atoms with Gasteiger partial charge in [0.2, 0.25) is 5.90 Å². The molecule has 0 unspecified atom stereocenters. The SMILES string of the molecule is Cc1cccc(COc2ccc(/C=C3/N=C(c4cccc(Cl)c4)OC3=O)cc2)c1. The molecule has 1 heterocycles. The molecule has 29 heavy (non-hydrogen) atoms. The van der Waals surface area contributed by atoms with Crippen molar-refractivity contribution < 1.29 is 14.3 Å². The minimum absolute atomic E-state index is 0.244. The first-order valence-electron chi connectivity index (χ1n) is 9.14. The maximum Gasteiger partial charge on any atom is 0.363 e. The third-order valence-electron chi connectivity index (χ3n) is 4.36. The normalized spacial score (nSPS) is 14.6. The number of hydrogen-bond acceptors (Lipinski definition) is 4. The van der Waals surface area contributed by atoms with Crippen molar-refractivity contribution in [2.75, 3.05) is 0 Å². The molecule has 1 aliphatic rings. The highest BCUT2D eigenvalue weighted by Gasteiger charge is 2.24. The van der Waals surface area contributed by atoms with Crippen molar-refractivity contribution in [1.82, 2.24) is 0 Å². The molecule has 0 saturated carbocycles. The van der Waals surface area contributed by atoms with Crippen LogP contribution < -0.4 is 4.74 Å². The highest BCUT2D eigenvalue weighted by molar-refractivity contribution is 6.31. The van der Waals surface area contributed by atoms with Gasteiger partial charge in [0.1, 0.15) is 12.4 Å². The van der Waals surface area contributed by atoms with Crippen molar-refractivity contribution in [2.45, 2.75) is 13.5 Å². The van der Waals surface area contributed by atoms with E-state index in [1.165, 1.54) is 5.56 Å². The van der Waals surface area contributed by atoms with Crippen molar-refractivity contribution in [3.63, 3.8) is 0 Å². The Labute approximate surface area is 174 Å². The number of halogens is 1. The van der Waals surface area contributed by atoms with Crippen molar-refractivity contribution in [3.05, 3.63) is 106 Å². The van der Waals surface area contributed by atoms with Crippen molar-refractivity contribution in [1.29, 1.82) is 0 Å². The summed E-state index contributed by atoms with van der Waals surface area (Å²) < 4.78 is 11.1. The summed E-state index contributed by atoms with van der Waals surface area (Å²) in [6.45, 7) is 2.56. The summed E-state index contributed by atoms with van der Waals surface area (Å²) in [5, 5.41) is 0.555. The van der Waals surface area contributed by atoms with Gasteiger partial charge in [-0.3, -0.25) is 0 Å². The molecule has 144 valence electrons. The maximum atomic E-state index is 12.1. The number of nitrogens with zero attached hydrogens (tertiary/aromatic N) is 1. The lowest BCUT2D eigenvalue weighted by Crippen LogP contribution is -2.05. The zero-order chi connectivity index (χ0) is 20.2. The van der Waals surface area contributed by atoms with Gasteiger partial charge in [-0.1, -0.05) is 59.6 Å². The molecule has 0 spiro atoms. The van der Waals surface area contributed by atoms with Gasteiger partial charge in [-0.2, -0.15) is 0 Å². The zero-order valence-electron chi connectivity index (χ0n) is 15.8. The summed E-state index contributed by atoms with van der Waals surface area (Å²) in [6, 6.07) is 22.7. The number of aryl methyl sites for hydroxylation is 1. The summed E-state index contributed by atoms with van der Waals surface area (Å²) in [5.41, 5.74) is 4.06. The zero-order valence-corrected chi connectivity index (χ0v) is 16.5. The van der Waals surface area contributed by atoms with Crippen LogP contribution in [0.3, 0.4) is 0 Å². The Morgan fingerprint density at radius 3 is 2.59 bits per heavy atom. The number of esters is 1. The number of benzene rings is 3. The van der Waals surface area contributed by atoms with Crippen LogP contribution in [0.5, 0.6) is 5.75 Å². The van der Waals surface area contributed by atoms with Crippen LogP contribution in [0.1, 0.15) is 22.3 Å². The van der Waals surface area contributed by atoms with Gasteiger partial charge in [0.15, 0.2) is 5.70 Å². The van der Waals surface area contributed by atoms with E-state index in [4.69, 9.17) is 21.1 Å². The molecular formula is C24H18ClNO3. The monoisotopic (exact) mass is 403 g/mol. The molecule has 4 rings (SSSR count). The molecular weight excluding hydrogens is 386 g/mol. The maximum absolute atomic E-state index is 12.1. The number of carbonyl (C=O) groups is 1. The molecule has 0 aromatic heterocycles. The Bertz CT molecular complexity index is 1120. The van der Waals surface area contributed by atoms with E-state index in [0.717, 1.165) is 16.9 Å². The fourth-order valence-corrected chi connectivity index (χ4v) is 3.13. The smallest absolute Gasteiger partial charge is 0.363 e. The summed E-state index contributed by atoms with van der Waals surface area (Å²) in [7, 11) is 0. The summed E-state index contributed by atoms with van der Waals surface area (Å²) in [5.74, 6) is 0.521. The fraction of sp³-hybridized carbons (Fsp3) is 0.0833. The number of ether oxygens (including phenoxy) is 2. The highest BCUT2D eigenvalue weighted by atomic mass is 35.5. The summed E-state index contributed by atoms with van der Waals surface area (Å²) in [6.07, 6.45) is 1.68. The van der Waals surface area contributed by atoms with Crippen LogP contribution in [0.2, 0.25) is 5.02 Å². The molecule has 0 N–H and O–H groups in total. The van der Waals surface area contributed by atoms with E-state index >= 15 is 0 Å². The quantitative estimate of drug-likeness (QED) is 0.413. The summed E-state index contributed by atoms with van der Waals surface area (Å²) >= 11 is 5.99. The average Bonchev–Trinajstić information content (AvgIpc) is 3.08. The van der Waals surface area contributed by atoms with Gasteiger partial charge in [-0.05, 0) is 54.5 Å². The lowest BCUT2D eigenvalue weighted by atomic mass is 10.1. The second kappa shape index (κ2) is 8.33. The Morgan fingerprint density at radius 2 is 1.83 bits per heavy atom. The third kappa shape index (κ3) is 4.73. The van der Waals surface area contributed by atoms with E-state index in [0.29, 0.717) is 17.2 Å². The van der Waals surface area contributed by atoms with Gasteiger partial charge >= 0.3 is 5.97 Å². The van der Waals surface area contributed by atoms with Crippen LogP contribution >= 0.6 is 11.6 Å². The molecule has 0 aliphatic carbocycles. The standard InChI is InChI=1S/C24H18ClNO3/c1-16-4-2-5-18(12-16)15-28-21-10-8-17(9-11-21)13-22-24(27)29-23(26-22)19-6-3-7-20(25)14-19/h2-14H,15H2,1H3/b22-13+. The molecule has 5 heteroatoms. The second-order valence-electron chi connectivity index (χ2n) is 6.69. The van der Waals surface area contributed by atoms with Gasteiger partial charge < -0.3 is 9.47 Å². The molecule has 4 nitrogen and oxygen atoms in total. The molecule has 0 atom stereocenters. The lowest BCUT2D eigenvalue weighted by Gasteiger charge is -2.07. The van der Waals surface area contributed by atoms with Gasteiger partial charge in [0.05, 0.1) is 0 Å². The molecule has 3 aromatic rings. The molecule has 0 fully saturated rings. The van der Waals surface area contributed by atoms with E-state index < -0.39 is 5.97 Å². The fourth-order valence-electron chi connectivity index (χ4n) is 2.94. The Hall–Kier alpha value is -3.37. The van der Waals surface area contributed by atoms with Crippen LogP contribution in [-0.4, -0.2) is 11.9 Å². The predicted octanol–water partition coefficient (Wildman–Crippen LogP) is 5.57. The molecule has 0 amide bonds. The van der Waals surface area contributed by atoms with Crippen LogP contribution in [-0.2, 0) is 16.1 Å². The third-order valence-corrected chi connectivity index (χ3v) is 4.60. The number of aliphatic imine (C=N–C) groups is 1. The number of cyclic esters (lactones) is 1. The lowest BCUT2D eigenvalue weighted by molar-refractivity contribution is -0.129. The summed E-state index contributed by atoms with van der Waals surface area (Å²) in [4.78, 5) is 16.4. The minimum atomic E-state index is -0.486. The van der Waals surface area contributed by atoms with E-state index in [2.05, 4.69) is 24.0 Å². The number of hydrogen-bond donors (Lipinski definition) is 0. The topological polar surface area (TPSA) is 47.9 Å². The molecule has 0 saturated heterocycles. The first kappa shape index (κ1) is 19.0. The highest BCUT2D eigenvalue weighted by Crippen LogP contribution is 2.22. The molecule has 3 aromatic carbocycles. The molecule has 1 aliphatic heterocycles. The Morgan fingerprint density at radius 1 is 1.03 bits per heavy atom. The van der Waals surface area contributed by atoms with E-state index in [9.17, 15) is 4.79 Å². The average molecular weight is 404 g/mol. The Kier molecular flexibility index (Phi) is 5.45.